The highest BCUT2D eigenvalue weighted by Gasteiger charge is 2.12. The molecule has 0 N–H and O–H groups in total. The van der Waals surface area contributed by atoms with Crippen LogP contribution < -0.4 is 0 Å². The Morgan fingerprint density at radius 1 is 1.05 bits per heavy atom. The number of nitrogens with zero attached hydrogens (tertiary/aromatic N) is 3. The van der Waals surface area contributed by atoms with Crippen molar-refractivity contribution in [1.29, 1.82) is 0 Å². The van der Waals surface area contributed by atoms with Gasteiger partial charge < -0.3 is 0 Å². The van der Waals surface area contributed by atoms with E-state index in [0.717, 1.165) is 27.0 Å². The summed E-state index contributed by atoms with van der Waals surface area (Å²) in [5, 5.41) is 9.35. The number of thioether (sulfide) groups is 1. The zero-order chi connectivity index (χ0) is 14.2. The molecule has 0 aliphatic carbocycles. The maximum absolute atomic E-state index is 12.9. The van der Waals surface area contributed by atoms with E-state index in [1.165, 1.54) is 16.8 Å². The van der Waals surface area contributed by atoms with Crippen molar-refractivity contribution in [1.82, 2.24) is 14.6 Å². The third kappa shape index (κ3) is 2.30. The zero-order valence-electron chi connectivity index (χ0n) is 10.9. The van der Waals surface area contributed by atoms with Gasteiger partial charge in [-0.2, -0.15) is 0 Å². The quantitative estimate of drug-likeness (QED) is 0.526. The lowest BCUT2D eigenvalue weighted by atomic mass is 10.2. The highest BCUT2D eigenvalue weighted by Crippen LogP contribution is 2.30. The predicted octanol–water partition coefficient (Wildman–Crippen LogP) is 4.38. The number of hydrogen-bond donors (Lipinski definition) is 0. The van der Waals surface area contributed by atoms with Crippen LogP contribution in [0.1, 0.15) is 5.56 Å². The average molecular weight is 315 g/mol. The van der Waals surface area contributed by atoms with E-state index in [2.05, 4.69) is 26.7 Å². The van der Waals surface area contributed by atoms with Crippen LogP contribution in [0.25, 0.3) is 15.2 Å². The topological polar surface area (TPSA) is 30.2 Å². The van der Waals surface area contributed by atoms with Crippen LogP contribution in [0.4, 0.5) is 4.39 Å². The summed E-state index contributed by atoms with van der Waals surface area (Å²) in [7, 11) is 0. The first kappa shape index (κ1) is 12.8. The molecule has 2 heterocycles. The summed E-state index contributed by atoms with van der Waals surface area (Å²) in [5.74, 6) is 0.531. The first-order valence-corrected chi connectivity index (χ1v) is 8.21. The number of para-hydroxylation sites is 1. The van der Waals surface area contributed by atoms with E-state index in [4.69, 9.17) is 0 Å². The van der Waals surface area contributed by atoms with E-state index in [1.807, 2.05) is 12.1 Å². The van der Waals surface area contributed by atoms with E-state index in [1.54, 1.807) is 35.2 Å². The Balaban J connectivity index is 1.68. The van der Waals surface area contributed by atoms with Crippen molar-refractivity contribution in [2.24, 2.45) is 0 Å². The Morgan fingerprint density at radius 3 is 2.71 bits per heavy atom. The Bertz CT molecular complexity index is 912. The maximum atomic E-state index is 12.9. The van der Waals surface area contributed by atoms with Crippen LogP contribution in [-0.4, -0.2) is 14.6 Å². The van der Waals surface area contributed by atoms with Crippen molar-refractivity contribution in [3.8, 4) is 0 Å². The van der Waals surface area contributed by atoms with Gasteiger partial charge in [-0.05, 0) is 29.8 Å². The minimum absolute atomic E-state index is 0.211. The van der Waals surface area contributed by atoms with E-state index >= 15 is 0 Å². The minimum atomic E-state index is -0.211. The molecule has 4 aromatic rings. The van der Waals surface area contributed by atoms with Crippen LogP contribution in [0.3, 0.4) is 0 Å². The van der Waals surface area contributed by atoms with Gasteiger partial charge in [0.1, 0.15) is 5.82 Å². The summed E-state index contributed by atoms with van der Waals surface area (Å²) >= 11 is 3.24. The molecule has 0 radical (unpaired) electrons. The summed E-state index contributed by atoms with van der Waals surface area (Å²) < 4.78 is 16.2. The molecule has 0 bridgehead atoms. The summed E-state index contributed by atoms with van der Waals surface area (Å²) in [4.78, 5) is 0.901. The number of thiazole rings is 1. The Morgan fingerprint density at radius 2 is 1.86 bits per heavy atom. The van der Waals surface area contributed by atoms with Gasteiger partial charge in [-0.25, -0.2) is 4.39 Å². The number of halogens is 1. The van der Waals surface area contributed by atoms with Gasteiger partial charge in [0.15, 0.2) is 5.16 Å². The van der Waals surface area contributed by atoms with Gasteiger partial charge in [-0.1, -0.05) is 47.4 Å². The molecular weight excluding hydrogens is 305 g/mol. The second-order valence-electron chi connectivity index (χ2n) is 4.59. The largest absolute Gasteiger partial charge is 0.260 e. The predicted molar refractivity (Wildman–Crippen MR) is 84.3 cm³/mol. The molecule has 0 atom stereocenters. The lowest BCUT2D eigenvalue weighted by Crippen LogP contribution is -1.87. The van der Waals surface area contributed by atoms with E-state index in [9.17, 15) is 4.39 Å². The fourth-order valence-corrected chi connectivity index (χ4v) is 4.10. The molecule has 4 rings (SSSR count). The molecule has 0 spiro atoms. The molecule has 2 aromatic carbocycles. The molecule has 2 aromatic heterocycles. The van der Waals surface area contributed by atoms with E-state index < -0.39 is 0 Å². The molecule has 0 amide bonds. The molecule has 0 unspecified atom stereocenters. The molecule has 0 aliphatic heterocycles. The standard InChI is InChI=1S/C15H10FN3S2/c16-11-7-5-10(6-8-11)9-20-14-17-18-15-19(14)12-3-1-2-4-13(12)21-15/h1-8H,9H2. The summed E-state index contributed by atoms with van der Waals surface area (Å²) in [6.07, 6.45) is 0. The molecule has 104 valence electrons. The first-order valence-electron chi connectivity index (χ1n) is 6.41. The van der Waals surface area contributed by atoms with Crippen LogP contribution in [0.5, 0.6) is 0 Å². The molecule has 3 nitrogen and oxygen atoms in total. The van der Waals surface area contributed by atoms with Gasteiger partial charge in [0.2, 0.25) is 4.96 Å². The molecule has 0 saturated heterocycles. The van der Waals surface area contributed by atoms with Crippen molar-refractivity contribution < 1.29 is 4.39 Å². The fourth-order valence-electron chi connectivity index (χ4n) is 2.18. The van der Waals surface area contributed by atoms with Crippen LogP contribution in [0, 0.1) is 5.82 Å². The SMILES string of the molecule is Fc1ccc(CSc2nnc3sc4ccccc4n23)cc1. The second kappa shape index (κ2) is 5.13. The Hall–Kier alpha value is -1.92. The van der Waals surface area contributed by atoms with Crippen molar-refractivity contribution in [2.45, 2.75) is 10.9 Å². The molecular formula is C15H10FN3S2. The van der Waals surface area contributed by atoms with Crippen molar-refractivity contribution in [3.63, 3.8) is 0 Å². The van der Waals surface area contributed by atoms with Crippen molar-refractivity contribution >= 4 is 38.3 Å². The second-order valence-corrected chi connectivity index (χ2v) is 6.54. The van der Waals surface area contributed by atoms with Gasteiger partial charge >= 0.3 is 0 Å². The first-order chi connectivity index (χ1) is 10.3. The molecule has 0 fully saturated rings. The van der Waals surface area contributed by atoms with Crippen molar-refractivity contribution in [3.05, 3.63) is 59.9 Å². The number of aromatic nitrogens is 3. The summed E-state index contributed by atoms with van der Waals surface area (Å²) in [5.41, 5.74) is 2.20. The third-order valence-corrected chi connectivity index (χ3v) is 5.20. The van der Waals surface area contributed by atoms with Crippen LogP contribution in [0.2, 0.25) is 0 Å². The van der Waals surface area contributed by atoms with Gasteiger partial charge in [-0.3, -0.25) is 4.40 Å². The highest BCUT2D eigenvalue weighted by molar-refractivity contribution is 7.98. The van der Waals surface area contributed by atoms with Crippen LogP contribution >= 0.6 is 23.1 Å². The Labute approximate surface area is 128 Å². The lowest BCUT2D eigenvalue weighted by Gasteiger charge is -2.00. The van der Waals surface area contributed by atoms with E-state index in [0.29, 0.717) is 0 Å². The maximum Gasteiger partial charge on any atom is 0.217 e. The smallest absolute Gasteiger partial charge is 0.217 e. The highest BCUT2D eigenvalue weighted by atomic mass is 32.2. The number of rotatable bonds is 3. The van der Waals surface area contributed by atoms with Gasteiger partial charge in [0.05, 0.1) is 10.2 Å². The van der Waals surface area contributed by atoms with Gasteiger partial charge in [0.25, 0.3) is 0 Å². The number of hydrogen-bond acceptors (Lipinski definition) is 4. The fraction of sp³-hybridized carbons (Fsp3) is 0.0667. The Kier molecular flexibility index (Phi) is 3.12. The number of benzene rings is 2. The van der Waals surface area contributed by atoms with Crippen LogP contribution in [-0.2, 0) is 5.75 Å². The van der Waals surface area contributed by atoms with Gasteiger partial charge in [0, 0.05) is 5.75 Å². The van der Waals surface area contributed by atoms with Crippen LogP contribution in [0.15, 0.2) is 53.7 Å². The molecule has 0 saturated carbocycles. The molecule has 0 aliphatic rings. The minimum Gasteiger partial charge on any atom is -0.260 e. The number of fused-ring (bicyclic) bond motifs is 3. The third-order valence-electron chi connectivity index (χ3n) is 3.19. The lowest BCUT2D eigenvalue weighted by molar-refractivity contribution is 0.627. The molecule has 6 heteroatoms. The average Bonchev–Trinajstić information content (AvgIpc) is 3.06. The normalized spacial score (nSPS) is 11.5. The molecule has 21 heavy (non-hydrogen) atoms. The zero-order valence-corrected chi connectivity index (χ0v) is 12.5. The summed E-state index contributed by atoms with van der Waals surface area (Å²) in [6, 6.07) is 14.8. The van der Waals surface area contributed by atoms with Crippen molar-refractivity contribution in [2.75, 3.05) is 0 Å². The van der Waals surface area contributed by atoms with Gasteiger partial charge in [-0.15, -0.1) is 10.2 Å². The van der Waals surface area contributed by atoms with E-state index in [-0.39, 0.29) is 5.82 Å². The monoisotopic (exact) mass is 315 g/mol. The summed E-state index contributed by atoms with van der Waals surface area (Å²) in [6.45, 7) is 0.